The highest BCUT2D eigenvalue weighted by molar-refractivity contribution is 5.68. The van der Waals surface area contributed by atoms with Gasteiger partial charge in [-0.15, -0.1) is 0 Å². The van der Waals surface area contributed by atoms with Crippen molar-refractivity contribution in [1.29, 1.82) is 0 Å². The third kappa shape index (κ3) is 4.91. The van der Waals surface area contributed by atoms with Crippen LogP contribution in [0.2, 0.25) is 0 Å². The minimum atomic E-state index is 0.957. The fourth-order valence-electron chi connectivity index (χ4n) is 3.48. The first kappa shape index (κ1) is 17.1. The SMILES string of the molecule is CCCN(CCC)CCCc1ccc(N2CCCC2)c(N)c1. The zero-order chi connectivity index (χ0) is 15.8. The molecule has 1 fully saturated rings. The molecule has 1 aliphatic heterocycles. The molecule has 0 saturated carbocycles. The molecule has 0 unspecified atom stereocenters. The van der Waals surface area contributed by atoms with E-state index < -0.39 is 0 Å². The molecule has 22 heavy (non-hydrogen) atoms. The molecule has 3 heteroatoms. The molecule has 0 radical (unpaired) electrons. The normalized spacial score (nSPS) is 15.0. The maximum Gasteiger partial charge on any atom is 0.0600 e. The van der Waals surface area contributed by atoms with Gasteiger partial charge >= 0.3 is 0 Å². The van der Waals surface area contributed by atoms with Gasteiger partial charge in [-0.1, -0.05) is 19.9 Å². The lowest BCUT2D eigenvalue weighted by Gasteiger charge is -2.22. The number of nitrogens with two attached hydrogens (primary N) is 1. The topological polar surface area (TPSA) is 32.5 Å². The molecular formula is C19H33N3. The standard InChI is InChI=1S/C19H33N3/c1-3-11-21(12-4-2)13-7-8-17-9-10-19(18(20)16-17)22-14-5-6-15-22/h9-10,16H,3-8,11-15,20H2,1-2H3. The van der Waals surface area contributed by atoms with Gasteiger partial charge in [-0.3, -0.25) is 0 Å². The number of aryl methyl sites for hydroxylation is 1. The Kier molecular flexibility index (Phi) is 7.04. The highest BCUT2D eigenvalue weighted by Gasteiger charge is 2.14. The van der Waals surface area contributed by atoms with E-state index in [1.54, 1.807) is 0 Å². The van der Waals surface area contributed by atoms with Gasteiger partial charge in [0, 0.05) is 13.1 Å². The minimum Gasteiger partial charge on any atom is -0.397 e. The minimum absolute atomic E-state index is 0.957. The lowest BCUT2D eigenvalue weighted by molar-refractivity contribution is 0.271. The summed E-state index contributed by atoms with van der Waals surface area (Å²) in [5.41, 5.74) is 9.85. The quantitative estimate of drug-likeness (QED) is 0.702. The van der Waals surface area contributed by atoms with E-state index in [4.69, 9.17) is 5.73 Å². The van der Waals surface area contributed by atoms with Crippen LogP contribution in [0.3, 0.4) is 0 Å². The summed E-state index contributed by atoms with van der Waals surface area (Å²) in [5, 5.41) is 0. The molecule has 1 aromatic rings. The molecule has 2 N–H and O–H groups in total. The monoisotopic (exact) mass is 303 g/mol. The summed E-state index contributed by atoms with van der Waals surface area (Å²) < 4.78 is 0. The van der Waals surface area contributed by atoms with E-state index in [0.717, 1.165) is 25.2 Å². The van der Waals surface area contributed by atoms with Gasteiger partial charge < -0.3 is 15.5 Å². The molecule has 1 aromatic carbocycles. The van der Waals surface area contributed by atoms with Crippen LogP contribution in [0.25, 0.3) is 0 Å². The van der Waals surface area contributed by atoms with E-state index in [1.807, 2.05) is 0 Å². The molecule has 0 spiro atoms. The molecule has 2 rings (SSSR count). The van der Waals surface area contributed by atoms with E-state index in [1.165, 1.54) is 63.0 Å². The summed E-state index contributed by atoms with van der Waals surface area (Å²) in [4.78, 5) is 5.01. The predicted octanol–water partition coefficient (Wildman–Crippen LogP) is 3.92. The van der Waals surface area contributed by atoms with Gasteiger partial charge in [0.2, 0.25) is 0 Å². The van der Waals surface area contributed by atoms with Crippen LogP contribution in [-0.2, 0) is 6.42 Å². The second-order valence-corrected chi connectivity index (χ2v) is 6.53. The maximum atomic E-state index is 6.28. The first-order valence-corrected chi connectivity index (χ1v) is 9.10. The van der Waals surface area contributed by atoms with Crippen molar-refractivity contribution in [3.63, 3.8) is 0 Å². The van der Waals surface area contributed by atoms with Crippen LogP contribution in [0, 0.1) is 0 Å². The highest BCUT2D eigenvalue weighted by atomic mass is 15.1. The molecule has 0 aromatic heterocycles. The van der Waals surface area contributed by atoms with Gasteiger partial charge in [0.05, 0.1) is 11.4 Å². The smallest absolute Gasteiger partial charge is 0.0600 e. The lowest BCUT2D eigenvalue weighted by Crippen LogP contribution is -2.26. The molecule has 124 valence electrons. The largest absolute Gasteiger partial charge is 0.397 e. The summed E-state index contributed by atoms with van der Waals surface area (Å²) >= 11 is 0. The summed E-state index contributed by atoms with van der Waals surface area (Å²) in [7, 11) is 0. The van der Waals surface area contributed by atoms with Crippen LogP contribution in [0.5, 0.6) is 0 Å². The van der Waals surface area contributed by atoms with Crippen molar-refractivity contribution in [2.24, 2.45) is 0 Å². The summed E-state index contributed by atoms with van der Waals surface area (Å²) in [6, 6.07) is 6.69. The molecule has 3 nitrogen and oxygen atoms in total. The Labute approximate surface area is 136 Å². The van der Waals surface area contributed by atoms with Crippen molar-refractivity contribution >= 4 is 11.4 Å². The number of rotatable bonds is 9. The van der Waals surface area contributed by atoms with Crippen LogP contribution in [-0.4, -0.2) is 37.6 Å². The third-order valence-corrected chi connectivity index (χ3v) is 4.56. The first-order valence-electron chi connectivity index (χ1n) is 9.10. The third-order valence-electron chi connectivity index (χ3n) is 4.56. The fraction of sp³-hybridized carbons (Fsp3) is 0.684. The van der Waals surface area contributed by atoms with Gasteiger partial charge in [-0.2, -0.15) is 0 Å². The Morgan fingerprint density at radius 3 is 2.32 bits per heavy atom. The Balaban J connectivity index is 1.84. The summed E-state index contributed by atoms with van der Waals surface area (Å²) in [6.07, 6.45) is 7.45. The predicted molar refractivity (Wildman–Crippen MR) is 97.6 cm³/mol. The zero-order valence-electron chi connectivity index (χ0n) is 14.5. The molecule has 0 aliphatic carbocycles. The number of hydrogen-bond donors (Lipinski definition) is 1. The second kappa shape index (κ2) is 9.04. The second-order valence-electron chi connectivity index (χ2n) is 6.53. The van der Waals surface area contributed by atoms with Crippen molar-refractivity contribution in [3.05, 3.63) is 23.8 Å². The molecular weight excluding hydrogens is 270 g/mol. The molecule has 0 bridgehead atoms. The average Bonchev–Trinajstić information content (AvgIpc) is 3.02. The number of nitrogens with zero attached hydrogens (tertiary/aromatic N) is 2. The summed E-state index contributed by atoms with van der Waals surface area (Å²) in [5.74, 6) is 0. The average molecular weight is 303 g/mol. The van der Waals surface area contributed by atoms with Crippen molar-refractivity contribution in [2.45, 2.75) is 52.4 Å². The van der Waals surface area contributed by atoms with E-state index in [9.17, 15) is 0 Å². The van der Waals surface area contributed by atoms with E-state index in [2.05, 4.69) is 41.8 Å². The van der Waals surface area contributed by atoms with E-state index >= 15 is 0 Å². The van der Waals surface area contributed by atoms with Gasteiger partial charge in [0.1, 0.15) is 0 Å². The molecule has 0 atom stereocenters. The number of nitrogen functional groups attached to an aromatic ring is 1. The van der Waals surface area contributed by atoms with E-state index in [-0.39, 0.29) is 0 Å². The van der Waals surface area contributed by atoms with Crippen molar-refractivity contribution < 1.29 is 0 Å². The van der Waals surface area contributed by atoms with Gasteiger partial charge in [0.25, 0.3) is 0 Å². The fourth-order valence-corrected chi connectivity index (χ4v) is 3.48. The van der Waals surface area contributed by atoms with Crippen molar-refractivity contribution in [3.8, 4) is 0 Å². The number of benzene rings is 1. The van der Waals surface area contributed by atoms with Gasteiger partial charge in [-0.05, 0) is 75.9 Å². The number of hydrogen-bond acceptors (Lipinski definition) is 3. The Morgan fingerprint density at radius 1 is 1.05 bits per heavy atom. The lowest BCUT2D eigenvalue weighted by atomic mass is 10.1. The molecule has 1 saturated heterocycles. The zero-order valence-corrected chi connectivity index (χ0v) is 14.5. The van der Waals surface area contributed by atoms with Crippen LogP contribution in [0.4, 0.5) is 11.4 Å². The Hall–Kier alpha value is -1.22. The van der Waals surface area contributed by atoms with E-state index in [0.29, 0.717) is 0 Å². The van der Waals surface area contributed by atoms with Crippen LogP contribution < -0.4 is 10.6 Å². The van der Waals surface area contributed by atoms with Crippen LogP contribution in [0.1, 0.15) is 51.5 Å². The first-order chi connectivity index (χ1) is 10.7. The van der Waals surface area contributed by atoms with Crippen molar-refractivity contribution in [1.82, 2.24) is 4.90 Å². The van der Waals surface area contributed by atoms with Crippen molar-refractivity contribution in [2.75, 3.05) is 43.4 Å². The highest BCUT2D eigenvalue weighted by Crippen LogP contribution is 2.27. The Bertz CT molecular complexity index is 432. The molecule has 1 heterocycles. The van der Waals surface area contributed by atoms with Gasteiger partial charge in [0.15, 0.2) is 0 Å². The summed E-state index contributed by atoms with van der Waals surface area (Å²) in [6.45, 7) is 10.5. The maximum absolute atomic E-state index is 6.28. The van der Waals surface area contributed by atoms with Crippen LogP contribution in [0.15, 0.2) is 18.2 Å². The molecule has 1 aliphatic rings. The Morgan fingerprint density at radius 2 is 1.73 bits per heavy atom. The number of anilines is 2. The molecule has 0 amide bonds. The van der Waals surface area contributed by atoms with Gasteiger partial charge in [-0.25, -0.2) is 0 Å². The van der Waals surface area contributed by atoms with Crippen LogP contribution >= 0.6 is 0 Å².